The van der Waals surface area contributed by atoms with E-state index in [0.717, 1.165) is 36.4 Å². The minimum absolute atomic E-state index is 0.800. The Morgan fingerprint density at radius 2 is 2.11 bits per heavy atom. The van der Waals surface area contributed by atoms with Crippen molar-refractivity contribution in [1.29, 1.82) is 0 Å². The van der Waals surface area contributed by atoms with Gasteiger partial charge < -0.3 is 10.2 Å². The molecule has 2 aromatic heterocycles. The molecule has 0 spiro atoms. The van der Waals surface area contributed by atoms with Gasteiger partial charge in [-0.25, -0.2) is 4.98 Å². The summed E-state index contributed by atoms with van der Waals surface area (Å²) in [5.74, 6) is 2.45. The number of nitrogens with one attached hydrogen (secondary N) is 2. The molecule has 1 aliphatic heterocycles. The van der Waals surface area contributed by atoms with Gasteiger partial charge in [-0.3, -0.25) is 5.10 Å². The van der Waals surface area contributed by atoms with Crippen molar-refractivity contribution in [3.05, 3.63) is 24.0 Å². The molecule has 18 heavy (non-hydrogen) atoms. The molecule has 0 unspecified atom stereocenters. The monoisotopic (exact) mass is 244 g/mol. The Morgan fingerprint density at radius 3 is 2.83 bits per heavy atom. The van der Waals surface area contributed by atoms with E-state index in [-0.39, 0.29) is 0 Å². The third kappa shape index (κ3) is 2.27. The third-order valence-electron chi connectivity index (χ3n) is 2.99. The highest BCUT2D eigenvalue weighted by Gasteiger charge is 2.15. The van der Waals surface area contributed by atoms with Crippen molar-refractivity contribution >= 4 is 17.6 Å². The molecule has 0 bridgehead atoms. The molecular formula is C12H16N6. The van der Waals surface area contributed by atoms with Crippen molar-refractivity contribution in [2.24, 2.45) is 0 Å². The van der Waals surface area contributed by atoms with E-state index in [9.17, 15) is 0 Å². The van der Waals surface area contributed by atoms with Crippen molar-refractivity contribution in [1.82, 2.24) is 20.2 Å². The van der Waals surface area contributed by atoms with Crippen LogP contribution in [0.4, 0.5) is 17.6 Å². The fraction of sp³-hybridized carbons (Fsp3) is 0.417. The van der Waals surface area contributed by atoms with Crippen LogP contribution in [0.1, 0.15) is 18.5 Å². The van der Waals surface area contributed by atoms with Gasteiger partial charge in [0, 0.05) is 30.9 Å². The number of nitrogens with zero attached hydrogens (tertiary/aromatic N) is 4. The van der Waals surface area contributed by atoms with E-state index in [2.05, 4.69) is 30.4 Å². The predicted molar refractivity (Wildman–Crippen MR) is 70.1 cm³/mol. The quantitative estimate of drug-likeness (QED) is 0.862. The van der Waals surface area contributed by atoms with Gasteiger partial charge in [-0.1, -0.05) is 0 Å². The normalized spacial score (nSPS) is 15.1. The minimum atomic E-state index is 0.800. The van der Waals surface area contributed by atoms with Gasteiger partial charge >= 0.3 is 0 Å². The molecule has 0 aromatic carbocycles. The number of aromatic amines is 1. The molecule has 2 N–H and O–H groups in total. The fourth-order valence-electron chi connectivity index (χ4n) is 2.14. The smallest absolute Gasteiger partial charge is 0.227 e. The van der Waals surface area contributed by atoms with Crippen LogP contribution in [0.2, 0.25) is 0 Å². The van der Waals surface area contributed by atoms with Gasteiger partial charge in [0.15, 0.2) is 0 Å². The average molecular weight is 244 g/mol. The molecule has 0 atom stereocenters. The van der Waals surface area contributed by atoms with E-state index in [1.807, 2.05) is 19.1 Å². The largest absolute Gasteiger partial charge is 0.341 e. The van der Waals surface area contributed by atoms with Gasteiger partial charge in [0.25, 0.3) is 0 Å². The Morgan fingerprint density at radius 1 is 1.28 bits per heavy atom. The van der Waals surface area contributed by atoms with Crippen LogP contribution in [0.3, 0.4) is 0 Å². The molecule has 0 aliphatic carbocycles. The number of hydrogen-bond acceptors (Lipinski definition) is 5. The van der Waals surface area contributed by atoms with Crippen molar-refractivity contribution in [3.8, 4) is 0 Å². The highest BCUT2D eigenvalue weighted by Crippen LogP contribution is 2.20. The van der Waals surface area contributed by atoms with Crippen LogP contribution in [-0.4, -0.2) is 33.3 Å². The zero-order chi connectivity index (χ0) is 12.4. The van der Waals surface area contributed by atoms with Crippen LogP contribution in [-0.2, 0) is 0 Å². The molecule has 1 saturated heterocycles. The maximum absolute atomic E-state index is 4.55. The molecule has 3 rings (SSSR count). The van der Waals surface area contributed by atoms with Gasteiger partial charge in [0.05, 0.1) is 6.20 Å². The van der Waals surface area contributed by atoms with E-state index in [4.69, 9.17) is 0 Å². The lowest BCUT2D eigenvalue weighted by Gasteiger charge is -2.16. The summed E-state index contributed by atoms with van der Waals surface area (Å²) in [6.07, 6.45) is 4.15. The van der Waals surface area contributed by atoms with E-state index >= 15 is 0 Å². The van der Waals surface area contributed by atoms with Gasteiger partial charge in [-0.05, 0) is 19.8 Å². The summed E-state index contributed by atoms with van der Waals surface area (Å²) in [6, 6.07) is 3.80. The molecule has 2 aromatic rings. The van der Waals surface area contributed by atoms with E-state index in [0.29, 0.717) is 0 Å². The zero-order valence-electron chi connectivity index (χ0n) is 10.3. The number of aryl methyl sites for hydroxylation is 1. The number of rotatable bonds is 3. The van der Waals surface area contributed by atoms with Gasteiger partial charge in [0.2, 0.25) is 5.95 Å². The van der Waals surface area contributed by atoms with Crippen molar-refractivity contribution < 1.29 is 0 Å². The summed E-state index contributed by atoms with van der Waals surface area (Å²) < 4.78 is 0. The maximum Gasteiger partial charge on any atom is 0.227 e. The summed E-state index contributed by atoms with van der Waals surface area (Å²) in [5.41, 5.74) is 0.967. The number of aromatic nitrogens is 4. The topological polar surface area (TPSA) is 69.7 Å². The standard InChI is InChI=1S/C12H16N6/c1-9-8-11(15-10-4-5-13-17-10)16-12(14-9)18-6-2-3-7-18/h4-5,8H,2-3,6-7H2,1H3,(H2,13,14,15,16,17). The number of anilines is 3. The first-order valence-electron chi connectivity index (χ1n) is 6.18. The second-order valence-corrected chi connectivity index (χ2v) is 4.48. The van der Waals surface area contributed by atoms with Gasteiger partial charge in [-0.15, -0.1) is 0 Å². The first-order valence-corrected chi connectivity index (χ1v) is 6.18. The Bertz CT molecular complexity index is 515. The van der Waals surface area contributed by atoms with Gasteiger partial charge in [0.1, 0.15) is 11.6 Å². The molecule has 1 fully saturated rings. The Balaban J connectivity index is 1.85. The molecule has 6 heteroatoms. The molecule has 3 heterocycles. The number of H-pyrrole nitrogens is 1. The molecular weight excluding hydrogens is 228 g/mol. The fourth-order valence-corrected chi connectivity index (χ4v) is 2.14. The molecule has 0 amide bonds. The van der Waals surface area contributed by atoms with Crippen LogP contribution >= 0.6 is 0 Å². The summed E-state index contributed by atoms with van der Waals surface area (Å²) in [5, 5.41) is 9.95. The predicted octanol–water partition coefficient (Wildman–Crippen LogP) is 1.85. The summed E-state index contributed by atoms with van der Waals surface area (Å²) in [7, 11) is 0. The zero-order valence-corrected chi connectivity index (χ0v) is 10.3. The molecule has 0 radical (unpaired) electrons. The summed E-state index contributed by atoms with van der Waals surface area (Å²) in [4.78, 5) is 11.3. The van der Waals surface area contributed by atoms with E-state index < -0.39 is 0 Å². The Labute approximate surface area is 105 Å². The first kappa shape index (κ1) is 11.0. The van der Waals surface area contributed by atoms with Crippen molar-refractivity contribution in [3.63, 3.8) is 0 Å². The van der Waals surface area contributed by atoms with Crippen LogP contribution < -0.4 is 10.2 Å². The van der Waals surface area contributed by atoms with Crippen LogP contribution in [0.25, 0.3) is 0 Å². The van der Waals surface area contributed by atoms with E-state index in [1.54, 1.807) is 6.20 Å². The van der Waals surface area contributed by atoms with Crippen molar-refractivity contribution in [2.75, 3.05) is 23.3 Å². The lowest BCUT2D eigenvalue weighted by Crippen LogP contribution is -2.21. The maximum atomic E-state index is 4.55. The van der Waals surface area contributed by atoms with Gasteiger partial charge in [-0.2, -0.15) is 10.1 Å². The highest BCUT2D eigenvalue weighted by molar-refractivity contribution is 5.53. The third-order valence-corrected chi connectivity index (χ3v) is 2.99. The van der Waals surface area contributed by atoms with E-state index in [1.165, 1.54) is 12.8 Å². The molecule has 94 valence electrons. The second-order valence-electron chi connectivity index (χ2n) is 4.48. The van der Waals surface area contributed by atoms with Crippen LogP contribution in [0.5, 0.6) is 0 Å². The average Bonchev–Trinajstić information content (AvgIpc) is 3.00. The first-order chi connectivity index (χ1) is 8.81. The molecule has 0 saturated carbocycles. The second kappa shape index (κ2) is 4.64. The summed E-state index contributed by atoms with van der Waals surface area (Å²) in [6.45, 7) is 4.08. The molecule has 6 nitrogen and oxygen atoms in total. The van der Waals surface area contributed by atoms with Crippen molar-refractivity contribution in [2.45, 2.75) is 19.8 Å². The Hall–Kier alpha value is -2.11. The summed E-state index contributed by atoms with van der Waals surface area (Å²) >= 11 is 0. The highest BCUT2D eigenvalue weighted by atomic mass is 15.3. The van der Waals surface area contributed by atoms with Crippen LogP contribution in [0, 0.1) is 6.92 Å². The Kier molecular flexibility index (Phi) is 2.84. The molecule has 1 aliphatic rings. The number of hydrogen-bond donors (Lipinski definition) is 2. The minimum Gasteiger partial charge on any atom is -0.341 e. The SMILES string of the molecule is Cc1cc(Nc2ccn[nH]2)nc(N2CCCC2)n1. The lowest BCUT2D eigenvalue weighted by molar-refractivity contribution is 0.890. The van der Waals surface area contributed by atoms with Crippen LogP contribution in [0.15, 0.2) is 18.3 Å². The lowest BCUT2D eigenvalue weighted by atomic mass is 10.4.